The van der Waals surface area contributed by atoms with Crippen molar-refractivity contribution >= 4 is 34.2 Å². The number of para-hydroxylation sites is 1. The van der Waals surface area contributed by atoms with Crippen LogP contribution in [0.2, 0.25) is 5.02 Å². The highest BCUT2D eigenvalue weighted by molar-refractivity contribution is 14.1. The van der Waals surface area contributed by atoms with Gasteiger partial charge in [-0.2, -0.15) is 0 Å². The lowest BCUT2D eigenvalue weighted by molar-refractivity contribution is 0.239. The lowest BCUT2D eigenvalue weighted by Crippen LogP contribution is -2.16. The minimum atomic E-state index is -0.254. The number of halogens is 2. The molecule has 0 aromatic heterocycles. The molecule has 2 rings (SSSR count). The molecule has 106 valence electrons. The van der Waals surface area contributed by atoms with Crippen LogP contribution in [0.3, 0.4) is 0 Å². The molecule has 1 atom stereocenters. The fourth-order valence-electron chi connectivity index (χ4n) is 2.02. The number of rotatable bonds is 4. The second-order valence-electron chi connectivity index (χ2n) is 4.85. The highest BCUT2D eigenvalue weighted by atomic mass is 127. The topological polar surface area (TPSA) is 35.2 Å². The maximum Gasteiger partial charge on any atom is 0.124 e. The van der Waals surface area contributed by atoms with E-state index in [2.05, 4.69) is 22.6 Å². The zero-order chi connectivity index (χ0) is 14.7. The maximum atomic E-state index is 6.42. The van der Waals surface area contributed by atoms with Crippen molar-refractivity contribution in [3.8, 4) is 5.75 Å². The van der Waals surface area contributed by atoms with Gasteiger partial charge in [-0.3, -0.25) is 0 Å². The number of hydrogen-bond donors (Lipinski definition) is 1. The molecule has 0 amide bonds. The molecule has 4 heteroatoms. The standard InChI is InChI=1S/C16H17ClINO/c1-10(2)20-15-6-4-3-5-12(15)16(19)13-9-11(17)7-8-14(13)18/h3-10,16H,19H2,1-2H3. The minimum absolute atomic E-state index is 0.113. The monoisotopic (exact) mass is 401 g/mol. The second-order valence-corrected chi connectivity index (χ2v) is 6.45. The summed E-state index contributed by atoms with van der Waals surface area (Å²) in [6, 6.07) is 13.4. The Labute approximate surface area is 138 Å². The van der Waals surface area contributed by atoms with Crippen molar-refractivity contribution in [2.75, 3.05) is 0 Å². The van der Waals surface area contributed by atoms with Gasteiger partial charge in [-0.15, -0.1) is 0 Å². The first kappa shape index (κ1) is 15.6. The molecule has 0 aliphatic carbocycles. The summed E-state index contributed by atoms with van der Waals surface area (Å²) in [5.41, 5.74) is 8.40. The van der Waals surface area contributed by atoms with Crippen molar-refractivity contribution in [2.45, 2.75) is 26.0 Å². The molecule has 0 saturated carbocycles. The van der Waals surface area contributed by atoms with Crippen LogP contribution in [0.1, 0.15) is 31.0 Å². The number of hydrogen-bond acceptors (Lipinski definition) is 2. The van der Waals surface area contributed by atoms with Crippen molar-refractivity contribution in [3.63, 3.8) is 0 Å². The average Bonchev–Trinajstić information content (AvgIpc) is 2.41. The Balaban J connectivity index is 2.42. The van der Waals surface area contributed by atoms with Gasteiger partial charge in [0.1, 0.15) is 5.75 Å². The molecule has 0 bridgehead atoms. The summed E-state index contributed by atoms with van der Waals surface area (Å²) in [4.78, 5) is 0. The number of ether oxygens (including phenoxy) is 1. The van der Waals surface area contributed by atoms with Gasteiger partial charge in [-0.1, -0.05) is 29.8 Å². The van der Waals surface area contributed by atoms with Crippen molar-refractivity contribution in [2.24, 2.45) is 5.73 Å². The van der Waals surface area contributed by atoms with Crippen molar-refractivity contribution < 1.29 is 4.74 Å². The lowest BCUT2D eigenvalue weighted by atomic mass is 9.99. The van der Waals surface area contributed by atoms with E-state index in [1.165, 1.54) is 0 Å². The Hall–Kier alpha value is -0.780. The van der Waals surface area contributed by atoms with Crippen LogP contribution in [0.4, 0.5) is 0 Å². The third-order valence-corrected chi connectivity index (χ3v) is 4.13. The van der Waals surface area contributed by atoms with Gasteiger partial charge >= 0.3 is 0 Å². The third kappa shape index (κ3) is 3.65. The summed E-state index contributed by atoms with van der Waals surface area (Å²) >= 11 is 8.36. The predicted molar refractivity (Wildman–Crippen MR) is 92.4 cm³/mol. The smallest absolute Gasteiger partial charge is 0.124 e. The van der Waals surface area contributed by atoms with Gasteiger partial charge in [-0.05, 0) is 66.3 Å². The van der Waals surface area contributed by atoms with E-state index >= 15 is 0 Å². The summed E-state index contributed by atoms with van der Waals surface area (Å²) in [6.07, 6.45) is 0.113. The van der Waals surface area contributed by atoms with E-state index in [1.54, 1.807) is 0 Å². The molecule has 0 radical (unpaired) electrons. The Bertz CT molecular complexity index is 601. The Morgan fingerprint density at radius 3 is 2.50 bits per heavy atom. The molecule has 1 unspecified atom stereocenters. The highest BCUT2D eigenvalue weighted by Crippen LogP contribution is 2.32. The zero-order valence-corrected chi connectivity index (χ0v) is 14.4. The molecular weight excluding hydrogens is 385 g/mol. The first-order chi connectivity index (χ1) is 9.49. The van der Waals surface area contributed by atoms with Gasteiger partial charge < -0.3 is 10.5 Å². The Morgan fingerprint density at radius 1 is 1.10 bits per heavy atom. The maximum absolute atomic E-state index is 6.42. The molecule has 0 saturated heterocycles. The number of benzene rings is 2. The molecule has 0 aliphatic rings. The van der Waals surface area contributed by atoms with E-state index in [0.29, 0.717) is 5.02 Å². The summed E-state index contributed by atoms with van der Waals surface area (Å²) in [6.45, 7) is 4.01. The molecule has 0 aliphatic heterocycles. The zero-order valence-electron chi connectivity index (χ0n) is 11.4. The molecule has 20 heavy (non-hydrogen) atoms. The van der Waals surface area contributed by atoms with E-state index in [1.807, 2.05) is 56.3 Å². The van der Waals surface area contributed by atoms with Crippen LogP contribution < -0.4 is 10.5 Å². The SMILES string of the molecule is CC(C)Oc1ccccc1C(N)c1cc(Cl)ccc1I. The van der Waals surface area contributed by atoms with Crippen molar-refractivity contribution in [1.82, 2.24) is 0 Å². The lowest BCUT2D eigenvalue weighted by Gasteiger charge is -2.20. The molecule has 2 aromatic carbocycles. The average molecular weight is 402 g/mol. The van der Waals surface area contributed by atoms with Crippen LogP contribution in [0.5, 0.6) is 5.75 Å². The van der Waals surface area contributed by atoms with Gasteiger partial charge in [0.15, 0.2) is 0 Å². The summed E-state index contributed by atoms with van der Waals surface area (Å²) in [7, 11) is 0. The third-order valence-electron chi connectivity index (χ3n) is 2.91. The van der Waals surface area contributed by atoms with Gasteiger partial charge in [-0.25, -0.2) is 0 Å². The molecule has 0 spiro atoms. The van der Waals surface area contributed by atoms with Crippen LogP contribution in [-0.2, 0) is 0 Å². The molecule has 0 fully saturated rings. The van der Waals surface area contributed by atoms with E-state index in [4.69, 9.17) is 22.1 Å². The van der Waals surface area contributed by atoms with Crippen LogP contribution in [0.25, 0.3) is 0 Å². The van der Waals surface area contributed by atoms with Crippen LogP contribution in [0.15, 0.2) is 42.5 Å². The van der Waals surface area contributed by atoms with Crippen LogP contribution >= 0.6 is 34.2 Å². The fourth-order valence-corrected chi connectivity index (χ4v) is 2.87. The summed E-state index contributed by atoms with van der Waals surface area (Å²) in [5, 5.41) is 0.693. The summed E-state index contributed by atoms with van der Waals surface area (Å²) < 4.78 is 6.94. The van der Waals surface area contributed by atoms with Gasteiger partial charge in [0.25, 0.3) is 0 Å². The quantitative estimate of drug-likeness (QED) is 0.748. The van der Waals surface area contributed by atoms with Crippen molar-refractivity contribution in [1.29, 1.82) is 0 Å². The van der Waals surface area contributed by atoms with Gasteiger partial charge in [0, 0.05) is 14.2 Å². The van der Waals surface area contributed by atoms with Crippen LogP contribution in [-0.4, -0.2) is 6.10 Å². The highest BCUT2D eigenvalue weighted by Gasteiger charge is 2.17. The molecule has 2 N–H and O–H groups in total. The van der Waals surface area contributed by atoms with E-state index < -0.39 is 0 Å². The summed E-state index contributed by atoms with van der Waals surface area (Å²) in [5.74, 6) is 0.825. The van der Waals surface area contributed by atoms with E-state index in [0.717, 1.165) is 20.4 Å². The minimum Gasteiger partial charge on any atom is -0.491 e. The fraction of sp³-hybridized carbons (Fsp3) is 0.250. The van der Waals surface area contributed by atoms with Gasteiger partial charge in [0.05, 0.1) is 12.1 Å². The molecule has 0 heterocycles. The van der Waals surface area contributed by atoms with E-state index in [9.17, 15) is 0 Å². The van der Waals surface area contributed by atoms with Gasteiger partial charge in [0.2, 0.25) is 0 Å². The molecule has 2 nitrogen and oxygen atoms in total. The first-order valence-electron chi connectivity index (χ1n) is 6.45. The first-order valence-corrected chi connectivity index (χ1v) is 7.91. The largest absolute Gasteiger partial charge is 0.491 e. The normalized spacial score (nSPS) is 12.5. The molecule has 2 aromatic rings. The van der Waals surface area contributed by atoms with Crippen LogP contribution in [0, 0.1) is 3.57 Å². The number of nitrogens with two attached hydrogens (primary N) is 1. The Kier molecular flexibility index (Phi) is 5.29. The molecular formula is C16H17ClINO. The Morgan fingerprint density at radius 2 is 1.80 bits per heavy atom. The van der Waals surface area contributed by atoms with Crippen molar-refractivity contribution in [3.05, 3.63) is 62.2 Å². The predicted octanol–water partition coefficient (Wildman–Crippen LogP) is 4.78. The van der Waals surface area contributed by atoms with E-state index in [-0.39, 0.29) is 12.1 Å². The second kappa shape index (κ2) is 6.78.